The maximum absolute atomic E-state index is 11.9. The predicted octanol–water partition coefficient (Wildman–Crippen LogP) is 1.01. The average molecular weight is 374 g/mol. The lowest BCUT2D eigenvalue weighted by atomic mass is 9.56. The van der Waals surface area contributed by atoms with Crippen LogP contribution < -0.4 is 5.56 Å². The molecule has 2 aromatic rings. The van der Waals surface area contributed by atoms with E-state index >= 15 is 0 Å². The molecule has 3 rings (SSSR count). The molecule has 3 N–H and O–H groups in total. The van der Waals surface area contributed by atoms with Crippen LogP contribution in [0.2, 0.25) is 13.6 Å². The van der Waals surface area contributed by atoms with Crippen LogP contribution in [0.3, 0.4) is 0 Å². The number of fused-ring (bicyclic) bond motifs is 1. The standard InChI is InChI=1S/C14H20N4O4.C4H7B/c1-3-4-8-9(5-19)22-14(11(8)20)18-6-15-10-12(18)16-7(2)17-13(10)21;1-4-5(2)3/h6,8-9,11,14,19-20H,3-5H2,1-2H3,(H,16,17,21);1H,2-3H3/t8?,9-,11+,14-;/m1./s1. The number of aliphatic hydroxyl groups excluding tert-OH is 2. The molecule has 0 spiro atoms. The van der Waals surface area contributed by atoms with Crippen molar-refractivity contribution in [3.8, 4) is 12.2 Å². The van der Waals surface area contributed by atoms with E-state index in [0.29, 0.717) is 18.2 Å². The van der Waals surface area contributed by atoms with Crippen molar-refractivity contribution in [2.24, 2.45) is 5.92 Å². The maximum Gasteiger partial charge on any atom is 0.279 e. The molecule has 1 aliphatic rings. The summed E-state index contributed by atoms with van der Waals surface area (Å²) in [5, 5.41) is 20.0. The third kappa shape index (κ3) is 4.58. The summed E-state index contributed by atoms with van der Waals surface area (Å²) in [6, 6.07) is 0. The van der Waals surface area contributed by atoms with E-state index in [9.17, 15) is 15.0 Å². The molecule has 1 aliphatic heterocycles. The Morgan fingerprint density at radius 2 is 2.15 bits per heavy atom. The maximum atomic E-state index is 11.9. The minimum atomic E-state index is -0.782. The molecule has 1 fully saturated rings. The first-order valence-corrected chi connectivity index (χ1v) is 9.17. The highest BCUT2D eigenvalue weighted by Crippen LogP contribution is 2.37. The van der Waals surface area contributed by atoms with Gasteiger partial charge in [0.15, 0.2) is 17.4 Å². The number of aryl methyl sites for hydroxylation is 1. The minimum Gasteiger partial charge on any atom is -0.394 e. The molecule has 3 heterocycles. The van der Waals surface area contributed by atoms with Gasteiger partial charge in [-0.05, 0) is 13.3 Å². The van der Waals surface area contributed by atoms with Crippen LogP contribution in [0.25, 0.3) is 11.2 Å². The fourth-order valence-electron chi connectivity index (χ4n) is 3.11. The van der Waals surface area contributed by atoms with E-state index in [-0.39, 0.29) is 23.6 Å². The van der Waals surface area contributed by atoms with E-state index < -0.39 is 18.4 Å². The first kappa shape index (κ1) is 21.2. The zero-order valence-electron chi connectivity index (χ0n) is 16.2. The number of hydrogen-bond acceptors (Lipinski definition) is 6. The normalized spacial score (nSPS) is 24.3. The molecule has 146 valence electrons. The van der Waals surface area contributed by atoms with Crippen molar-refractivity contribution in [2.75, 3.05) is 6.61 Å². The number of nitrogens with zero attached hydrogens (tertiary/aromatic N) is 3. The number of imidazole rings is 1. The molecule has 0 amide bonds. The van der Waals surface area contributed by atoms with Crippen molar-refractivity contribution in [1.29, 1.82) is 0 Å². The number of aromatic amines is 1. The second-order valence-corrected chi connectivity index (χ2v) is 6.99. The molecule has 0 bridgehead atoms. The quantitative estimate of drug-likeness (QED) is 0.544. The van der Waals surface area contributed by atoms with Gasteiger partial charge in [0.05, 0.1) is 19.0 Å². The average Bonchev–Trinajstić information content (AvgIpc) is 3.17. The lowest BCUT2D eigenvalue weighted by molar-refractivity contribution is -0.0493. The number of ether oxygens (including phenoxy) is 1. The van der Waals surface area contributed by atoms with Crippen LogP contribution in [0.15, 0.2) is 11.1 Å². The third-order valence-corrected chi connectivity index (χ3v) is 4.48. The van der Waals surface area contributed by atoms with E-state index in [2.05, 4.69) is 20.8 Å². The summed E-state index contributed by atoms with van der Waals surface area (Å²) in [5.41, 5.74) is 0.262. The third-order valence-electron chi connectivity index (χ3n) is 4.48. The fraction of sp³-hybridized carbons (Fsp3) is 0.611. The van der Waals surface area contributed by atoms with E-state index in [0.717, 1.165) is 12.8 Å². The smallest absolute Gasteiger partial charge is 0.279 e. The van der Waals surface area contributed by atoms with E-state index in [1.165, 1.54) is 6.33 Å². The lowest BCUT2D eigenvalue weighted by Gasteiger charge is -2.18. The summed E-state index contributed by atoms with van der Waals surface area (Å²) in [4.78, 5) is 22.8. The van der Waals surface area contributed by atoms with Crippen molar-refractivity contribution in [3.63, 3.8) is 0 Å². The monoisotopic (exact) mass is 374 g/mol. The van der Waals surface area contributed by atoms with Gasteiger partial charge in [0, 0.05) is 5.92 Å². The fourth-order valence-corrected chi connectivity index (χ4v) is 3.11. The van der Waals surface area contributed by atoms with Crippen LogP contribution in [0.5, 0.6) is 0 Å². The summed E-state index contributed by atoms with van der Waals surface area (Å²) in [5.74, 6) is 2.84. The Labute approximate surface area is 159 Å². The van der Waals surface area contributed by atoms with Gasteiger partial charge in [0.2, 0.25) is 6.71 Å². The highest BCUT2D eigenvalue weighted by molar-refractivity contribution is 6.64. The van der Waals surface area contributed by atoms with Gasteiger partial charge in [0.1, 0.15) is 11.9 Å². The van der Waals surface area contributed by atoms with Crippen LogP contribution in [-0.2, 0) is 4.74 Å². The number of rotatable bonds is 4. The molecule has 1 saturated heterocycles. The van der Waals surface area contributed by atoms with Gasteiger partial charge in [-0.1, -0.05) is 27.0 Å². The highest BCUT2D eigenvalue weighted by atomic mass is 16.5. The van der Waals surface area contributed by atoms with Crippen LogP contribution in [-0.4, -0.2) is 55.3 Å². The molecule has 27 heavy (non-hydrogen) atoms. The molecular formula is C18H27BN4O4. The Bertz CT molecular complexity index is 857. The molecular weight excluding hydrogens is 347 g/mol. The topological polar surface area (TPSA) is 113 Å². The summed E-state index contributed by atoms with van der Waals surface area (Å²) in [6.45, 7) is 7.93. The van der Waals surface area contributed by atoms with Gasteiger partial charge in [-0.3, -0.25) is 9.36 Å². The van der Waals surface area contributed by atoms with Crippen LogP contribution in [0.4, 0.5) is 0 Å². The van der Waals surface area contributed by atoms with Crippen molar-refractivity contribution >= 4 is 17.9 Å². The summed E-state index contributed by atoms with van der Waals surface area (Å²) < 4.78 is 7.36. The van der Waals surface area contributed by atoms with Crippen molar-refractivity contribution < 1.29 is 14.9 Å². The van der Waals surface area contributed by atoms with E-state index in [4.69, 9.17) is 11.2 Å². The van der Waals surface area contributed by atoms with Crippen molar-refractivity contribution in [2.45, 2.75) is 58.8 Å². The number of terminal acetylenes is 1. The Morgan fingerprint density at radius 3 is 2.70 bits per heavy atom. The molecule has 2 aromatic heterocycles. The molecule has 0 aromatic carbocycles. The first-order valence-electron chi connectivity index (χ1n) is 9.17. The predicted molar refractivity (Wildman–Crippen MR) is 105 cm³/mol. The summed E-state index contributed by atoms with van der Waals surface area (Å²) in [6.07, 6.45) is 6.09. The first-order chi connectivity index (χ1) is 12.8. The summed E-state index contributed by atoms with van der Waals surface area (Å²) in [7, 11) is 0. The lowest BCUT2D eigenvalue weighted by Crippen LogP contribution is -2.28. The molecule has 8 nitrogen and oxygen atoms in total. The molecule has 0 aliphatic carbocycles. The summed E-state index contributed by atoms with van der Waals surface area (Å²) >= 11 is 0. The largest absolute Gasteiger partial charge is 0.394 e. The molecule has 0 radical (unpaired) electrons. The number of hydrogen-bond donors (Lipinski definition) is 3. The Kier molecular flexibility index (Phi) is 7.19. The number of nitrogens with one attached hydrogen (secondary N) is 1. The Morgan fingerprint density at radius 1 is 1.48 bits per heavy atom. The number of aliphatic hydroxyl groups is 2. The van der Waals surface area contributed by atoms with Crippen LogP contribution in [0, 0.1) is 25.1 Å². The molecule has 0 saturated carbocycles. The van der Waals surface area contributed by atoms with Crippen LogP contribution >= 0.6 is 0 Å². The SMILES string of the molecule is C#CB(C)C.CCCC1[C@@H](CO)O[C@@H](n2cnc3c(=O)[nH]c(C)nc32)[C@H]1O. The van der Waals surface area contributed by atoms with E-state index in [1.807, 2.05) is 20.6 Å². The van der Waals surface area contributed by atoms with E-state index in [1.54, 1.807) is 11.5 Å². The highest BCUT2D eigenvalue weighted by Gasteiger charge is 2.44. The minimum absolute atomic E-state index is 0.152. The van der Waals surface area contributed by atoms with Gasteiger partial charge < -0.3 is 19.9 Å². The second kappa shape index (κ2) is 9.17. The molecule has 9 heteroatoms. The van der Waals surface area contributed by atoms with Gasteiger partial charge in [-0.15, -0.1) is 6.42 Å². The Hall–Kier alpha value is -2.15. The number of aromatic nitrogens is 4. The van der Waals surface area contributed by atoms with Gasteiger partial charge >= 0.3 is 0 Å². The van der Waals surface area contributed by atoms with Gasteiger partial charge in [0.25, 0.3) is 5.56 Å². The van der Waals surface area contributed by atoms with Gasteiger partial charge in [-0.2, -0.15) is 5.82 Å². The zero-order chi connectivity index (χ0) is 20.1. The van der Waals surface area contributed by atoms with Gasteiger partial charge in [-0.25, -0.2) is 9.97 Å². The zero-order valence-corrected chi connectivity index (χ0v) is 16.2. The molecule has 4 atom stereocenters. The van der Waals surface area contributed by atoms with Crippen LogP contribution in [0.1, 0.15) is 31.8 Å². The van der Waals surface area contributed by atoms with Crippen molar-refractivity contribution in [3.05, 3.63) is 22.5 Å². The second-order valence-electron chi connectivity index (χ2n) is 6.99. The van der Waals surface area contributed by atoms with Crippen molar-refractivity contribution in [1.82, 2.24) is 19.5 Å². The molecule has 1 unspecified atom stereocenters. The Balaban J connectivity index is 0.000000465. The number of H-pyrrole nitrogens is 1.